The van der Waals surface area contributed by atoms with Crippen LogP contribution in [0.15, 0.2) is 60.7 Å². The Bertz CT molecular complexity index is 1830. The fourth-order valence-electron chi connectivity index (χ4n) is 6.40. The highest BCUT2D eigenvalue weighted by Crippen LogP contribution is 2.40. The lowest BCUT2D eigenvalue weighted by atomic mass is 9.97. The number of aryl methyl sites for hydroxylation is 3. The van der Waals surface area contributed by atoms with E-state index in [2.05, 4.69) is 5.10 Å². The minimum absolute atomic E-state index is 0.0641. The number of halogens is 3. The predicted molar refractivity (Wildman–Crippen MR) is 167 cm³/mol. The first-order valence-corrected chi connectivity index (χ1v) is 15.4. The lowest BCUT2D eigenvalue weighted by Gasteiger charge is -2.14. The molecule has 6 rings (SSSR count). The number of rotatable bonds is 8. The minimum Gasteiger partial charge on any atom is -0.493 e. The zero-order valence-electron chi connectivity index (χ0n) is 25.5. The Morgan fingerprint density at radius 2 is 1.80 bits per heavy atom. The third kappa shape index (κ3) is 6.29. The molecule has 7 nitrogen and oxygen atoms in total. The zero-order chi connectivity index (χ0) is 31.6. The molecule has 0 bridgehead atoms. The van der Waals surface area contributed by atoms with Gasteiger partial charge < -0.3 is 18.8 Å². The second kappa shape index (κ2) is 13.0. The molecule has 0 atom stereocenters. The van der Waals surface area contributed by atoms with Gasteiger partial charge in [-0.3, -0.25) is 4.68 Å². The Labute approximate surface area is 259 Å². The number of esters is 1. The number of aromatic nitrogens is 3. The van der Waals surface area contributed by atoms with E-state index in [4.69, 9.17) is 14.2 Å². The van der Waals surface area contributed by atoms with Crippen LogP contribution >= 0.6 is 0 Å². The minimum atomic E-state index is -4.45. The van der Waals surface area contributed by atoms with Crippen LogP contribution in [0.5, 0.6) is 5.75 Å². The van der Waals surface area contributed by atoms with Gasteiger partial charge in [0.1, 0.15) is 11.4 Å². The number of nitrogens with zero attached hydrogens (tertiary/aromatic N) is 3. The first-order chi connectivity index (χ1) is 21.8. The normalized spacial score (nSPS) is 13.9. The average molecular weight is 620 g/mol. The van der Waals surface area contributed by atoms with Crippen LogP contribution in [0.4, 0.5) is 13.2 Å². The summed E-state index contributed by atoms with van der Waals surface area (Å²) >= 11 is 0. The summed E-state index contributed by atoms with van der Waals surface area (Å²) < 4.78 is 62.5. The third-order valence-electron chi connectivity index (χ3n) is 8.27. The largest absolute Gasteiger partial charge is 0.493 e. The quantitative estimate of drug-likeness (QED) is 0.131. The van der Waals surface area contributed by atoms with Crippen LogP contribution in [-0.2, 0) is 42.5 Å². The summed E-state index contributed by atoms with van der Waals surface area (Å²) in [6, 6.07) is 19.6. The maximum atomic E-state index is 13.8. The summed E-state index contributed by atoms with van der Waals surface area (Å²) in [4.78, 5) is 13.6. The molecule has 0 fully saturated rings. The van der Waals surface area contributed by atoms with Gasteiger partial charge in [-0.05, 0) is 49.6 Å². The Balaban J connectivity index is 1.45. The Kier molecular flexibility index (Phi) is 8.85. The average Bonchev–Trinajstić information content (AvgIpc) is 3.47. The SMILES string of the molecule is CCOC(=O)c1c(CCCOc2cccc3ccccc23)c2cccc3c2n1CCCCOCc1c-3c(CC(F)(F)F)nn1C. The molecular formula is C35H36F3N3O4. The topological polar surface area (TPSA) is 67.5 Å². The van der Waals surface area contributed by atoms with Crippen LogP contribution < -0.4 is 4.74 Å². The van der Waals surface area contributed by atoms with E-state index in [1.807, 2.05) is 65.2 Å². The van der Waals surface area contributed by atoms with Crippen molar-refractivity contribution in [3.8, 4) is 16.9 Å². The first-order valence-electron chi connectivity index (χ1n) is 15.4. The summed E-state index contributed by atoms with van der Waals surface area (Å²) in [5, 5.41) is 7.24. The molecule has 0 saturated heterocycles. The van der Waals surface area contributed by atoms with Gasteiger partial charge in [0.05, 0.1) is 43.1 Å². The van der Waals surface area contributed by atoms with Crippen molar-refractivity contribution < 1.29 is 32.2 Å². The van der Waals surface area contributed by atoms with Gasteiger partial charge in [0, 0.05) is 42.1 Å². The maximum Gasteiger partial charge on any atom is 0.394 e. The highest BCUT2D eigenvalue weighted by atomic mass is 19.4. The van der Waals surface area contributed by atoms with Gasteiger partial charge in [0.2, 0.25) is 0 Å². The molecular weight excluding hydrogens is 583 g/mol. The fourth-order valence-corrected chi connectivity index (χ4v) is 6.40. The molecule has 0 N–H and O–H groups in total. The molecule has 1 aliphatic heterocycles. The zero-order valence-corrected chi connectivity index (χ0v) is 25.5. The number of hydrogen-bond donors (Lipinski definition) is 0. The van der Waals surface area contributed by atoms with Crippen molar-refractivity contribution in [3.63, 3.8) is 0 Å². The lowest BCUT2D eigenvalue weighted by Crippen LogP contribution is -2.15. The molecule has 236 valence electrons. The Morgan fingerprint density at radius 1 is 1.02 bits per heavy atom. The van der Waals surface area contributed by atoms with E-state index in [0.717, 1.165) is 40.3 Å². The van der Waals surface area contributed by atoms with E-state index >= 15 is 0 Å². The molecule has 5 aromatic rings. The van der Waals surface area contributed by atoms with Gasteiger partial charge in [0.25, 0.3) is 0 Å². The van der Waals surface area contributed by atoms with Gasteiger partial charge in [-0.25, -0.2) is 4.79 Å². The van der Waals surface area contributed by atoms with Crippen molar-refractivity contribution in [2.24, 2.45) is 7.05 Å². The second-order valence-corrected chi connectivity index (χ2v) is 11.3. The van der Waals surface area contributed by atoms with Crippen molar-refractivity contribution >= 4 is 27.6 Å². The molecule has 0 radical (unpaired) electrons. The number of fused-ring (bicyclic) bond motifs is 3. The molecule has 0 aliphatic carbocycles. The van der Waals surface area contributed by atoms with E-state index in [0.29, 0.717) is 60.6 Å². The predicted octanol–water partition coefficient (Wildman–Crippen LogP) is 7.80. The molecule has 1 aliphatic rings. The van der Waals surface area contributed by atoms with Gasteiger partial charge in [-0.15, -0.1) is 0 Å². The van der Waals surface area contributed by atoms with Crippen molar-refractivity contribution in [2.75, 3.05) is 19.8 Å². The molecule has 0 saturated carbocycles. The van der Waals surface area contributed by atoms with Gasteiger partial charge >= 0.3 is 12.1 Å². The molecule has 45 heavy (non-hydrogen) atoms. The monoisotopic (exact) mass is 619 g/mol. The third-order valence-corrected chi connectivity index (χ3v) is 8.27. The van der Waals surface area contributed by atoms with Crippen molar-refractivity contribution in [1.82, 2.24) is 14.3 Å². The van der Waals surface area contributed by atoms with Crippen LogP contribution in [0.1, 0.15) is 53.6 Å². The maximum absolute atomic E-state index is 13.8. The van der Waals surface area contributed by atoms with E-state index in [1.54, 1.807) is 14.0 Å². The number of alkyl halides is 3. The number of benzene rings is 3. The van der Waals surface area contributed by atoms with E-state index in [-0.39, 0.29) is 18.9 Å². The van der Waals surface area contributed by atoms with Crippen molar-refractivity contribution in [2.45, 2.75) is 58.4 Å². The summed E-state index contributed by atoms with van der Waals surface area (Å²) in [5.74, 6) is 0.346. The smallest absolute Gasteiger partial charge is 0.394 e. The van der Waals surface area contributed by atoms with Gasteiger partial charge in [-0.2, -0.15) is 18.3 Å². The Morgan fingerprint density at radius 3 is 2.62 bits per heavy atom. The molecule has 2 aromatic heterocycles. The number of carbonyl (C=O) groups is 1. The van der Waals surface area contributed by atoms with Crippen LogP contribution in [-0.4, -0.2) is 46.3 Å². The van der Waals surface area contributed by atoms with Gasteiger partial charge in [-0.1, -0.05) is 54.6 Å². The van der Waals surface area contributed by atoms with E-state index in [1.165, 1.54) is 4.68 Å². The highest BCUT2D eigenvalue weighted by Gasteiger charge is 2.34. The van der Waals surface area contributed by atoms with Crippen molar-refractivity contribution in [3.05, 3.63) is 83.3 Å². The van der Waals surface area contributed by atoms with Crippen LogP contribution in [0.25, 0.3) is 32.8 Å². The standard InChI is InChI=1S/C35H36F3N3O4/c1-3-44-34(42)33-26(16-10-20-45-30-17-8-12-23-11-4-5-13-24(23)30)25-14-9-15-27-31-28(21-35(36,37)38)39-40(2)29(31)22-43-19-7-6-18-41(33)32(25)27/h4-5,8-9,11-15,17H,3,6-7,10,16,18-22H2,1-2H3. The van der Waals surface area contributed by atoms with Crippen LogP contribution in [0.3, 0.4) is 0 Å². The number of para-hydroxylation sites is 1. The van der Waals surface area contributed by atoms with E-state index < -0.39 is 18.6 Å². The van der Waals surface area contributed by atoms with Gasteiger partial charge in [0.15, 0.2) is 0 Å². The number of ether oxygens (including phenoxy) is 3. The Hall–Kier alpha value is -4.31. The molecule has 3 aromatic carbocycles. The summed E-state index contributed by atoms with van der Waals surface area (Å²) in [7, 11) is 1.65. The summed E-state index contributed by atoms with van der Waals surface area (Å²) in [6.07, 6.45) is -3.04. The molecule has 0 spiro atoms. The van der Waals surface area contributed by atoms with E-state index in [9.17, 15) is 18.0 Å². The van der Waals surface area contributed by atoms with Crippen molar-refractivity contribution in [1.29, 1.82) is 0 Å². The molecule has 3 heterocycles. The summed E-state index contributed by atoms with van der Waals surface area (Å²) in [6.45, 7) is 3.44. The molecule has 10 heteroatoms. The van der Waals surface area contributed by atoms with Crippen LogP contribution in [0.2, 0.25) is 0 Å². The number of hydrogen-bond acceptors (Lipinski definition) is 5. The fraction of sp³-hybridized carbons (Fsp3) is 0.371. The van der Waals surface area contributed by atoms with Crippen LogP contribution in [0, 0.1) is 0 Å². The first kappa shape index (κ1) is 30.7. The summed E-state index contributed by atoms with van der Waals surface area (Å²) in [5.41, 5.74) is 3.47. The molecule has 0 unspecified atom stereocenters. The second-order valence-electron chi connectivity index (χ2n) is 11.3. The highest BCUT2D eigenvalue weighted by molar-refractivity contribution is 6.05. The lowest BCUT2D eigenvalue weighted by molar-refractivity contribution is -0.127. The molecule has 0 amide bonds. The number of carbonyl (C=O) groups excluding carboxylic acids is 1.